The maximum atomic E-state index is 11.9. The third kappa shape index (κ3) is 6.86. The molecule has 136 valence electrons. The minimum atomic E-state index is -3.26. The van der Waals surface area contributed by atoms with Crippen molar-refractivity contribution in [3.05, 3.63) is 35.9 Å². The second-order valence-corrected chi connectivity index (χ2v) is 8.27. The molecule has 0 amide bonds. The first-order valence-corrected chi connectivity index (χ1v) is 10.1. The first-order chi connectivity index (χ1) is 11.5. The van der Waals surface area contributed by atoms with E-state index in [9.17, 15) is 8.42 Å². The molecule has 24 heavy (non-hydrogen) atoms. The van der Waals surface area contributed by atoms with E-state index in [1.807, 2.05) is 13.0 Å². The summed E-state index contributed by atoms with van der Waals surface area (Å²) in [4.78, 5) is 4.77. The number of nitrogens with one attached hydrogen (secondary N) is 1. The van der Waals surface area contributed by atoms with Gasteiger partial charge in [0, 0.05) is 52.4 Å². The zero-order valence-electron chi connectivity index (χ0n) is 14.6. The van der Waals surface area contributed by atoms with Gasteiger partial charge in [-0.2, -0.15) is 0 Å². The van der Waals surface area contributed by atoms with Gasteiger partial charge >= 0.3 is 0 Å². The summed E-state index contributed by atoms with van der Waals surface area (Å²) < 4.78 is 31.3. The molecule has 1 N–H and O–H groups in total. The first-order valence-electron chi connectivity index (χ1n) is 8.46. The zero-order chi connectivity index (χ0) is 17.4. The quantitative estimate of drug-likeness (QED) is 0.709. The fraction of sp³-hybridized carbons (Fsp3) is 0.647. The number of sulfonamides is 1. The summed E-state index contributed by atoms with van der Waals surface area (Å²) in [7, 11) is -1.75. The highest BCUT2D eigenvalue weighted by Crippen LogP contribution is 2.09. The van der Waals surface area contributed by atoms with Crippen LogP contribution in [0.4, 0.5) is 0 Å². The summed E-state index contributed by atoms with van der Waals surface area (Å²) in [6, 6.07) is 10.4. The highest BCUT2D eigenvalue weighted by atomic mass is 32.2. The molecule has 7 heteroatoms. The van der Waals surface area contributed by atoms with Crippen molar-refractivity contribution < 1.29 is 13.2 Å². The number of rotatable bonds is 9. The number of benzene rings is 1. The van der Waals surface area contributed by atoms with Crippen LogP contribution in [0.1, 0.15) is 12.5 Å². The third-order valence-electron chi connectivity index (χ3n) is 4.18. The van der Waals surface area contributed by atoms with Gasteiger partial charge in [-0.15, -0.1) is 0 Å². The predicted octanol–water partition coefficient (Wildman–Crippen LogP) is 0.759. The highest BCUT2D eigenvalue weighted by molar-refractivity contribution is 7.89. The van der Waals surface area contributed by atoms with Crippen molar-refractivity contribution in [3.63, 3.8) is 0 Å². The molecule has 1 aliphatic rings. The van der Waals surface area contributed by atoms with Gasteiger partial charge in [-0.25, -0.2) is 13.1 Å². The summed E-state index contributed by atoms with van der Waals surface area (Å²) in [6.45, 7) is 7.82. The largest absolute Gasteiger partial charge is 0.384 e. The molecule has 0 aromatic heterocycles. The summed E-state index contributed by atoms with van der Waals surface area (Å²) in [5, 5.41) is 0. The smallest absolute Gasteiger partial charge is 0.214 e. The van der Waals surface area contributed by atoms with Gasteiger partial charge in [0.2, 0.25) is 10.0 Å². The Morgan fingerprint density at radius 2 is 1.75 bits per heavy atom. The number of hydrogen-bond acceptors (Lipinski definition) is 5. The molecule has 1 saturated heterocycles. The molecule has 2 rings (SSSR count). The summed E-state index contributed by atoms with van der Waals surface area (Å²) in [6.07, 6.45) is 0. The van der Waals surface area contributed by atoms with E-state index in [-0.39, 0.29) is 18.4 Å². The Balaban J connectivity index is 1.70. The van der Waals surface area contributed by atoms with E-state index in [4.69, 9.17) is 4.74 Å². The van der Waals surface area contributed by atoms with Crippen LogP contribution in [0.3, 0.4) is 0 Å². The Morgan fingerprint density at radius 1 is 1.12 bits per heavy atom. The molecule has 6 nitrogen and oxygen atoms in total. The van der Waals surface area contributed by atoms with Gasteiger partial charge in [-0.05, 0) is 12.5 Å². The SMILES string of the molecule is COCCS(=O)(=O)N[C@@H](C)CN1CCN(Cc2ccccc2)CC1. The third-order valence-corrected chi connectivity index (χ3v) is 5.65. The van der Waals surface area contributed by atoms with E-state index in [1.54, 1.807) is 0 Å². The molecule has 0 unspecified atom stereocenters. The molecule has 1 fully saturated rings. The minimum absolute atomic E-state index is 0.0126. The standard InChI is InChI=1S/C17H29N3O3S/c1-16(18-24(21,22)13-12-23-2)14-19-8-10-20(11-9-19)15-17-6-4-3-5-7-17/h3-7,16,18H,8-15H2,1-2H3/t16-/m0/s1. The lowest BCUT2D eigenvalue weighted by Gasteiger charge is -2.36. The maximum absolute atomic E-state index is 11.9. The summed E-state index contributed by atoms with van der Waals surface area (Å²) >= 11 is 0. The Bertz CT molecular complexity index is 572. The summed E-state index contributed by atoms with van der Waals surface area (Å²) in [5.41, 5.74) is 1.34. The van der Waals surface area contributed by atoms with Crippen molar-refractivity contribution in [2.45, 2.75) is 19.5 Å². The topological polar surface area (TPSA) is 61.9 Å². The minimum Gasteiger partial charge on any atom is -0.384 e. The molecular formula is C17H29N3O3S. The number of piperazine rings is 1. The maximum Gasteiger partial charge on any atom is 0.214 e. The predicted molar refractivity (Wildman–Crippen MR) is 96.4 cm³/mol. The van der Waals surface area contributed by atoms with Gasteiger partial charge in [0.05, 0.1) is 12.4 Å². The van der Waals surface area contributed by atoms with Crippen LogP contribution in [0.5, 0.6) is 0 Å². The van der Waals surface area contributed by atoms with Gasteiger partial charge in [0.1, 0.15) is 0 Å². The van der Waals surface area contributed by atoms with Crippen molar-refractivity contribution in [3.8, 4) is 0 Å². The molecular weight excluding hydrogens is 326 g/mol. The zero-order valence-corrected chi connectivity index (χ0v) is 15.5. The molecule has 0 saturated carbocycles. The van der Waals surface area contributed by atoms with Crippen LogP contribution in [0.2, 0.25) is 0 Å². The van der Waals surface area contributed by atoms with Crippen LogP contribution in [-0.2, 0) is 21.3 Å². The second-order valence-electron chi connectivity index (χ2n) is 6.39. The van der Waals surface area contributed by atoms with Crippen LogP contribution >= 0.6 is 0 Å². The van der Waals surface area contributed by atoms with Crippen LogP contribution in [0.25, 0.3) is 0 Å². The first kappa shape index (κ1) is 19.3. The van der Waals surface area contributed by atoms with Gasteiger partial charge in [0.25, 0.3) is 0 Å². The van der Waals surface area contributed by atoms with Crippen LogP contribution in [0, 0.1) is 0 Å². The molecule has 1 aromatic carbocycles. The molecule has 1 heterocycles. The Morgan fingerprint density at radius 3 is 2.38 bits per heavy atom. The van der Waals surface area contributed by atoms with Gasteiger partial charge < -0.3 is 4.74 Å². The fourth-order valence-corrected chi connectivity index (χ4v) is 4.15. The molecule has 0 bridgehead atoms. The van der Waals surface area contributed by atoms with Crippen LogP contribution < -0.4 is 4.72 Å². The number of nitrogens with zero attached hydrogens (tertiary/aromatic N) is 2. The number of hydrogen-bond donors (Lipinski definition) is 1. The lowest BCUT2D eigenvalue weighted by molar-refractivity contribution is 0.122. The molecule has 0 aliphatic carbocycles. The van der Waals surface area contributed by atoms with Crippen molar-refractivity contribution >= 4 is 10.0 Å². The van der Waals surface area contributed by atoms with Gasteiger partial charge in [-0.3, -0.25) is 9.80 Å². The second kappa shape index (κ2) is 9.48. The Hall–Kier alpha value is -0.990. The average molecular weight is 356 g/mol. The van der Waals surface area contributed by atoms with E-state index in [0.29, 0.717) is 0 Å². The fourth-order valence-electron chi connectivity index (χ4n) is 2.95. The van der Waals surface area contributed by atoms with E-state index < -0.39 is 10.0 Å². The van der Waals surface area contributed by atoms with E-state index in [2.05, 4.69) is 38.8 Å². The van der Waals surface area contributed by atoms with Crippen LogP contribution in [0.15, 0.2) is 30.3 Å². The number of methoxy groups -OCH3 is 1. The molecule has 0 radical (unpaired) electrons. The highest BCUT2D eigenvalue weighted by Gasteiger charge is 2.21. The van der Waals surface area contributed by atoms with Gasteiger partial charge in [0.15, 0.2) is 0 Å². The normalized spacial score (nSPS) is 18.6. The van der Waals surface area contributed by atoms with Crippen molar-refractivity contribution in [1.82, 2.24) is 14.5 Å². The monoisotopic (exact) mass is 355 g/mol. The van der Waals surface area contributed by atoms with E-state index in [0.717, 1.165) is 39.3 Å². The van der Waals surface area contributed by atoms with E-state index in [1.165, 1.54) is 12.7 Å². The molecule has 1 aliphatic heterocycles. The van der Waals surface area contributed by atoms with Gasteiger partial charge in [-0.1, -0.05) is 30.3 Å². The molecule has 1 aromatic rings. The number of ether oxygens (including phenoxy) is 1. The van der Waals surface area contributed by atoms with Crippen LogP contribution in [-0.4, -0.2) is 76.5 Å². The lowest BCUT2D eigenvalue weighted by Crippen LogP contribution is -2.50. The Labute approximate surface area is 145 Å². The van der Waals surface area contributed by atoms with E-state index >= 15 is 0 Å². The molecule has 1 atom stereocenters. The van der Waals surface area contributed by atoms with Crippen molar-refractivity contribution in [2.75, 3.05) is 52.2 Å². The Kier molecular flexibility index (Phi) is 7.64. The molecule has 0 spiro atoms. The lowest BCUT2D eigenvalue weighted by atomic mass is 10.2. The summed E-state index contributed by atoms with van der Waals surface area (Å²) in [5.74, 6) is 0.0126. The average Bonchev–Trinajstić information content (AvgIpc) is 2.55. The van der Waals surface area contributed by atoms with Crippen molar-refractivity contribution in [1.29, 1.82) is 0 Å². The van der Waals surface area contributed by atoms with Crippen molar-refractivity contribution in [2.24, 2.45) is 0 Å².